The number of hydrogen-bond donors (Lipinski definition) is 1. The molecule has 1 aliphatic carbocycles. The van der Waals surface area contributed by atoms with Crippen LogP contribution < -0.4 is 19.9 Å². The Morgan fingerprint density at radius 3 is 2.73 bits per heavy atom. The lowest BCUT2D eigenvalue weighted by Crippen LogP contribution is -2.55. The monoisotopic (exact) mass is 599 g/mol. The van der Waals surface area contributed by atoms with Crippen LogP contribution >= 0.6 is 23.5 Å². The van der Waals surface area contributed by atoms with Crippen LogP contribution in [0.1, 0.15) is 52.5 Å². The Hall–Kier alpha value is -3.38. The molecule has 3 aliphatic heterocycles. The van der Waals surface area contributed by atoms with Crippen molar-refractivity contribution in [3.63, 3.8) is 0 Å². The second kappa shape index (κ2) is 10.2. The van der Waals surface area contributed by atoms with Crippen LogP contribution in [0.25, 0.3) is 0 Å². The number of aromatic nitrogens is 1. The zero-order valence-corrected chi connectivity index (χ0v) is 23.6. The van der Waals surface area contributed by atoms with Gasteiger partial charge in [-0.2, -0.15) is 11.8 Å². The number of halogens is 2. The van der Waals surface area contributed by atoms with E-state index in [1.807, 2.05) is 41.0 Å². The Morgan fingerprint density at radius 2 is 1.90 bits per heavy atom. The van der Waals surface area contributed by atoms with Crippen molar-refractivity contribution >= 4 is 29.4 Å². The standard InChI is InChI=1S/C29H27F2N3O5S2/c30-29(31)38-22-9-8-18-20(27(22)39-29)15-41-23-5-2-1-4-19(23)24(18)34-16-32(11-3-13-40-14-17-6-7-17)28(37)25-26(36)21(35)10-12-33(25)34/h1-2,4-5,8-10,12,17,24,36H,3,6-7,11,13-16H2/t24-/m0/s1. The van der Waals surface area contributed by atoms with E-state index in [0.717, 1.165) is 34.3 Å². The smallest absolute Gasteiger partial charge is 0.502 e. The molecule has 1 N–H and O–H groups in total. The number of aromatic hydroxyl groups is 1. The summed E-state index contributed by atoms with van der Waals surface area (Å²) in [4.78, 5) is 28.7. The van der Waals surface area contributed by atoms with Crippen molar-refractivity contribution in [3.8, 4) is 17.2 Å². The number of nitrogens with zero attached hydrogens (tertiary/aromatic N) is 3. The quantitative estimate of drug-likeness (QED) is 0.373. The maximum Gasteiger partial charge on any atom is 0.586 e. The van der Waals surface area contributed by atoms with Crippen molar-refractivity contribution in [1.29, 1.82) is 0 Å². The molecule has 8 nitrogen and oxygen atoms in total. The number of benzene rings is 2. The third kappa shape index (κ3) is 4.80. The topological polar surface area (TPSA) is 84.2 Å². The fraction of sp³-hybridized carbons (Fsp3) is 0.379. The molecular weight excluding hydrogens is 572 g/mol. The minimum Gasteiger partial charge on any atom is -0.502 e. The van der Waals surface area contributed by atoms with E-state index in [1.54, 1.807) is 11.0 Å². The average molecular weight is 600 g/mol. The molecule has 1 saturated carbocycles. The zero-order chi connectivity index (χ0) is 28.3. The first kappa shape index (κ1) is 26.5. The number of alkyl halides is 2. The molecule has 3 aromatic rings. The Balaban J connectivity index is 1.32. The second-order valence-electron chi connectivity index (χ2n) is 10.6. The molecule has 4 heterocycles. The van der Waals surface area contributed by atoms with Gasteiger partial charge < -0.3 is 19.5 Å². The number of fused-ring (bicyclic) bond motifs is 5. The van der Waals surface area contributed by atoms with E-state index in [1.165, 1.54) is 47.6 Å². The Bertz CT molecular complexity index is 1600. The van der Waals surface area contributed by atoms with Gasteiger partial charge in [-0.05, 0) is 59.9 Å². The van der Waals surface area contributed by atoms with Gasteiger partial charge in [-0.25, -0.2) is 0 Å². The van der Waals surface area contributed by atoms with E-state index in [4.69, 9.17) is 9.47 Å². The molecule has 1 fully saturated rings. The number of thioether (sulfide) groups is 2. The lowest BCUT2D eigenvalue weighted by atomic mass is 9.93. The Labute approximate surface area is 243 Å². The summed E-state index contributed by atoms with van der Waals surface area (Å²) in [6, 6.07) is 11.7. The number of hydrogen-bond acceptors (Lipinski definition) is 8. The number of rotatable bonds is 7. The molecular formula is C29H27F2N3O5S2. The maximum absolute atomic E-state index is 14.1. The predicted molar refractivity (Wildman–Crippen MR) is 152 cm³/mol. The van der Waals surface area contributed by atoms with Gasteiger partial charge in [0, 0.05) is 35.0 Å². The van der Waals surface area contributed by atoms with Crippen LogP contribution in [0.3, 0.4) is 0 Å². The van der Waals surface area contributed by atoms with Gasteiger partial charge in [-0.3, -0.25) is 19.3 Å². The van der Waals surface area contributed by atoms with Crippen LogP contribution in [0.5, 0.6) is 17.2 Å². The fourth-order valence-electron chi connectivity index (χ4n) is 5.62. The first-order valence-corrected chi connectivity index (χ1v) is 15.7. The molecule has 0 radical (unpaired) electrons. The number of carbonyl (C=O) groups excluding carboxylic acids is 1. The molecule has 0 saturated heterocycles. The number of amides is 1. The van der Waals surface area contributed by atoms with Crippen LogP contribution in [-0.2, 0) is 5.75 Å². The molecule has 0 spiro atoms. The predicted octanol–water partition coefficient (Wildman–Crippen LogP) is 5.16. The van der Waals surface area contributed by atoms with Crippen molar-refractivity contribution in [2.24, 2.45) is 5.92 Å². The zero-order valence-electron chi connectivity index (χ0n) is 21.9. The lowest BCUT2D eigenvalue weighted by molar-refractivity contribution is -0.286. The number of pyridine rings is 1. The minimum atomic E-state index is -3.76. The summed E-state index contributed by atoms with van der Waals surface area (Å²) in [7, 11) is 0. The summed E-state index contributed by atoms with van der Waals surface area (Å²) >= 11 is 3.39. The van der Waals surface area contributed by atoms with Crippen LogP contribution in [-0.4, -0.2) is 51.6 Å². The molecule has 41 heavy (non-hydrogen) atoms. The van der Waals surface area contributed by atoms with Gasteiger partial charge in [0.2, 0.25) is 5.43 Å². The summed E-state index contributed by atoms with van der Waals surface area (Å²) in [5.74, 6) is 2.13. The molecule has 1 atom stereocenters. The summed E-state index contributed by atoms with van der Waals surface area (Å²) in [5.41, 5.74) is 1.42. The van der Waals surface area contributed by atoms with Crippen molar-refractivity contribution in [2.45, 2.75) is 42.2 Å². The Kier molecular flexibility index (Phi) is 6.57. The lowest BCUT2D eigenvalue weighted by Gasteiger charge is -2.44. The van der Waals surface area contributed by atoms with E-state index >= 15 is 0 Å². The summed E-state index contributed by atoms with van der Waals surface area (Å²) in [6.45, 7) is 0.605. The first-order valence-electron chi connectivity index (χ1n) is 13.5. The van der Waals surface area contributed by atoms with Crippen LogP contribution in [0.2, 0.25) is 0 Å². The number of carbonyl (C=O) groups is 1. The molecule has 12 heteroatoms. The van der Waals surface area contributed by atoms with Crippen LogP contribution in [0, 0.1) is 5.92 Å². The number of ether oxygens (including phenoxy) is 2. The third-order valence-electron chi connectivity index (χ3n) is 7.79. The van der Waals surface area contributed by atoms with Crippen molar-refractivity contribution in [3.05, 3.63) is 81.3 Å². The van der Waals surface area contributed by atoms with Gasteiger partial charge in [-0.15, -0.1) is 20.5 Å². The first-order chi connectivity index (χ1) is 19.8. The van der Waals surface area contributed by atoms with E-state index in [-0.39, 0.29) is 23.9 Å². The largest absolute Gasteiger partial charge is 0.586 e. The summed E-state index contributed by atoms with van der Waals surface area (Å²) in [5, 5.41) is 12.7. The maximum atomic E-state index is 14.1. The normalized spacial score (nSPS) is 20.3. The van der Waals surface area contributed by atoms with E-state index < -0.39 is 29.4 Å². The molecule has 1 aromatic heterocycles. The van der Waals surface area contributed by atoms with E-state index in [2.05, 4.69) is 0 Å². The SMILES string of the molecule is O=C1c2c(O)c(=O)ccn2N([C@@H]2c3ccccc3SCc3c2ccc2c3OC(F)(F)O2)CN1CCCSCC1CC1. The molecule has 1 amide bonds. The summed E-state index contributed by atoms with van der Waals surface area (Å²) in [6.07, 6.45) is 1.06. The van der Waals surface area contributed by atoms with Crippen LogP contribution in [0.15, 0.2) is 58.4 Å². The van der Waals surface area contributed by atoms with Gasteiger partial charge in [0.15, 0.2) is 22.9 Å². The van der Waals surface area contributed by atoms with Crippen molar-refractivity contribution in [1.82, 2.24) is 9.58 Å². The van der Waals surface area contributed by atoms with Gasteiger partial charge in [-0.1, -0.05) is 24.3 Å². The van der Waals surface area contributed by atoms with Gasteiger partial charge >= 0.3 is 6.29 Å². The van der Waals surface area contributed by atoms with Gasteiger partial charge in [0.05, 0.1) is 6.04 Å². The third-order valence-corrected chi connectivity index (χ3v) is 10.2. The van der Waals surface area contributed by atoms with Gasteiger partial charge in [0.25, 0.3) is 5.91 Å². The minimum absolute atomic E-state index is 0.00147. The summed E-state index contributed by atoms with van der Waals surface area (Å²) < 4.78 is 39.6. The van der Waals surface area contributed by atoms with E-state index in [9.17, 15) is 23.5 Å². The highest BCUT2D eigenvalue weighted by atomic mass is 32.2. The molecule has 0 unspecified atom stereocenters. The van der Waals surface area contributed by atoms with Gasteiger partial charge in [0.1, 0.15) is 6.67 Å². The fourth-order valence-corrected chi connectivity index (χ4v) is 7.91. The van der Waals surface area contributed by atoms with Crippen molar-refractivity contribution in [2.75, 3.05) is 29.7 Å². The molecule has 2 aromatic carbocycles. The Morgan fingerprint density at radius 1 is 1.07 bits per heavy atom. The molecule has 4 aliphatic rings. The van der Waals surface area contributed by atoms with Crippen LogP contribution in [0.4, 0.5) is 8.78 Å². The highest BCUT2D eigenvalue weighted by Gasteiger charge is 2.47. The van der Waals surface area contributed by atoms with E-state index in [0.29, 0.717) is 23.4 Å². The van der Waals surface area contributed by atoms with Crippen molar-refractivity contribution < 1.29 is 28.2 Å². The second-order valence-corrected chi connectivity index (χ2v) is 12.8. The molecule has 214 valence electrons. The highest BCUT2D eigenvalue weighted by molar-refractivity contribution is 7.99. The molecule has 0 bridgehead atoms. The molecule has 7 rings (SSSR count). The highest BCUT2D eigenvalue weighted by Crippen LogP contribution is 2.51. The average Bonchev–Trinajstić information content (AvgIpc) is 3.74.